The van der Waals surface area contributed by atoms with Crippen LogP contribution in [0.3, 0.4) is 0 Å². The molecule has 0 aliphatic heterocycles. The van der Waals surface area contributed by atoms with E-state index in [0.717, 1.165) is 9.64 Å². The van der Waals surface area contributed by atoms with Gasteiger partial charge in [0.25, 0.3) is 0 Å². The topological polar surface area (TPSA) is 26.0 Å². The summed E-state index contributed by atoms with van der Waals surface area (Å²) in [6.45, 7) is 0.0861. The van der Waals surface area contributed by atoms with E-state index in [2.05, 4.69) is 15.9 Å². The molecule has 78 valence electrons. The molecule has 0 bridgehead atoms. The van der Waals surface area contributed by atoms with Gasteiger partial charge in [-0.15, -0.1) is 0 Å². The average Bonchev–Trinajstić information content (AvgIpc) is 2.02. The molecule has 1 nitrogen and oxygen atoms in total. The molecular formula is C8H6BrF3IN. The Kier molecular flexibility index (Phi) is 3.81. The molecular weight excluding hydrogens is 374 g/mol. The molecule has 0 aliphatic rings. The van der Waals surface area contributed by atoms with Crippen LogP contribution < -0.4 is 5.73 Å². The normalized spacial score (nSPS) is 11.9. The van der Waals surface area contributed by atoms with E-state index in [0.29, 0.717) is 5.56 Å². The van der Waals surface area contributed by atoms with Gasteiger partial charge in [-0.05, 0) is 56.2 Å². The Labute approximate surface area is 101 Å². The van der Waals surface area contributed by atoms with Crippen LogP contribution in [0.15, 0.2) is 16.6 Å². The summed E-state index contributed by atoms with van der Waals surface area (Å²) in [5.74, 6) is 0. The van der Waals surface area contributed by atoms with Crippen molar-refractivity contribution in [2.45, 2.75) is 12.7 Å². The second-order valence-electron chi connectivity index (χ2n) is 2.59. The number of nitrogens with two attached hydrogens (primary N) is 1. The number of halogens is 5. The Bertz CT molecular complexity index is 351. The van der Waals surface area contributed by atoms with Gasteiger partial charge in [0.2, 0.25) is 0 Å². The Morgan fingerprint density at radius 2 is 1.93 bits per heavy atom. The van der Waals surface area contributed by atoms with Crippen molar-refractivity contribution in [1.82, 2.24) is 0 Å². The smallest absolute Gasteiger partial charge is 0.326 e. The third-order valence-corrected chi connectivity index (χ3v) is 3.61. The van der Waals surface area contributed by atoms with E-state index in [-0.39, 0.29) is 11.0 Å². The summed E-state index contributed by atoms with van der Waals surface area (Å²) in [5.41, 5.74) is 5.17. The molecule has 0 aliphatic carbocycles. The van der Waals surface area contributed by atoms with E-state index in [1.165, 1.54) is 6.07 Å². The standard InChI is InChI=1S/C8H6BrF3IN/c9-7-4(3-14)6(13)2-1-5(7)8(10,11)12/h1-2H,3,14H2. The van der Waals surface area contributed by atoms with Crippen molar-refractivity contribution in [1.29, 1.82) is 0 Å². The lowest BCUT2D eigenvalue weighted by Crippen LogP contribution is -2.10. The molecule has 0 radical (unpaired) electrons. The number of alkyl halides is 3. The fourth-order valence-corrected chi connectivity index (χ4v) is 2.78. The monoisotopic (exact) mass is 379 g/mol. The maximum absolute atomic E-state index is 12.4. The van der Waals surface area contributed by atoms with E-state index in [1.807, 2.05) is 22.6 Å². The van der Waals surface area contributed by atoms with Gasteiger partial charge in [-0.25, -0.2) is 0 Å². The van der Waals surface area contributed by atoms with Crippen molar-refractivity contribution >= 4 is 38.5 Å². The summed E-state index contributed by atoms with van der Waals surface area (Å²) < 4.78 is 38.0. The maximum atomic E-state index is 12.4. The quantitative estimate of drug-likeness (QED) is 0.742. The average molecular weight is 380 g/mol. The van der Waals surface area contributed by atoms with Crippen molar-refractivity contribution in [3.05, 3.63) is 31.3 Å². The van der Waals surface area contributed by atoms with Gasteiger partial charge in [0, 0.05) is 14.6 Å². The first-order valence-corrected chi connectivity index (χ1v) is 5.49. The van der Waals surface area contributed by atoms with Gasteiger partial charge >= 0.3 is 6.18 Å². The number of benzene rings is 1. The van der Waals surface area contributed by atoms with Crippen LogP contribution in [0.1, 0.15) is 11.1 Å². The molecule has 0 fully saturated rings. The molecule has 6 heteroatoms. The van der Waals surface area contributed by atoms with Gasteiger partial charge in [0.1, 0.15) is 0 Å². The van der Waals surface area contributed by atoms with Gasteiger partial charge in [0.15, 0.2) is 0 Å². The summed E-state index contributed by atoms with van der Waals surface area (Å²) in [6.07, 6.45) is -4.34. The Hall–Kier alpha value is 0.180. The third kappa shape index (κ3) is 2.40. The molecule has 0 aromatic heterocycles. The Morgan fingerprint density at radius 1 is 1.36 bits per heavy atom. The molecule has 0 saturated heterocycles. The highest BCUT2D eigenvalue weighted by Gasteiger charge is 2.33. The molecule has 1 rings (SSSR count). The highest BCUT2D eigenvalue weighted by atomic mass is 127. The van der Waals surface area contributed by atoms with Gasteiger partial charge in [-0.1, -0.05) is 0 Å². The molecule has 2 N–H and O–H groups in total. The van der Waals surface area contributed by atoms with Crippen molar-refractivity contribution in [3.63, 3.8) is 0 Å². The third-order valence-electron chi connectivity index (χ3n) is 1.70. The fraction of sp³-hybridized carbons (Fsp3) is 0.250. The largest absolute Gasteiger partial charge is 0.417 e. The number of rotatable bonds is 1. The Morgan fingerprint density at radius 3 is 2.36 bits per heavy atom. The molecule has 0 saturated carbocycles. The highest BCUT2D eigenvalue weighted by Crippen LogP contribution is 2.37. The van der Waals surface area contributed by atoms with Gasteiger partial charge in [0.05, 0.1) is 5.56 Å². The molecule has 1 aromatic carbocycles. The van der Waals surface area contributed by atoms with Crippen LogP contribution in [-0.4, -0.2) is 0 Å². The van der Waals surface area contributed by atoms with E-state index in [4.69, 9.17) is 5.73 Å². The molecule has 0 amide bonds. The number of hydrogen-bond acceptors (Lipinski definition) is 1. The van der Waals surface area contributed by atoms with Crippen LogP contribution in [0, 0.1) is 3.57 Å². The molecule has 0 heterocycles. The summed E-state index contributed by atoms with van der Waals surface area (Å²) in [7, 11) is 0. The lowest BCUT2D eigenvalue weighted by molar-refractivity contribution is -0.138. The van der Waals surface area contributed by atoms with Crippen LogP contribution >= 0.6 is 38.5 Å². The van der Waals surface area contributed by atoms with E-state index >= 15 is 0 Å². The summed E-state index contributed by atoms with van der Waals surface area (Å²) >= 11 is 4.88. The van der Waals surface area contributed by atoms with Gasteiger partial charge < -0.3 is 5.73 Å². The van der Waals surface area contributed by atoms with Crippen LogP contribution in [0.2, 0.25) is 0 Å². The summed E-state index contributed by atoms with van der Waals surface area (Å²) in [5, 5.41) is 0. The van der Waals surface area contributed by atoms with Crippen LogP contribution in [0.5, 0.6) is 0 Å². The van der Waals surface area contributed by atoms with E-state index in [9.17, 15) is 13.2 Å². The van der Waals surface area contributed by atoms with Gasteiger partial charge in [-0.3, -0.25) is 0 Å². The summed E-state index contributed by atoms with van der Waals surface area (Å²) in [4.78, 5) is 0. The minimum Gasteiger partial charge on any atom is -0.326 e. The van der Waals surface area contributed by atoms with Crippen molar-refractivity contribution in [3.8, 4) is 0 Å². The second kappa shape index (κ2) is 4.36. The zero-order valence-electron chi connectivity index (χ0n) is 6.83. The first-order chi connectivity index (χ1) is 6.38. The van der Waals surface area contributed by atoms with Gasteiger partial charge in [-0.2, -0.15) is 13.2 Å². The number of hydrogen-bond donors (Lipinski definition) is 1. The summed E-state index contributed by atoms with van der Waals surface area (Å²) in [6, 6.07) is 2.46. The van der Waals surface area contributed by atoms with Crippen molar-refractivity contribution < 1.29 is 13.2 Å². The highest BCUT2D eigenvalue weighted by molar-refractivity contribution is 14.1. The minimum absolute atomic E-state index is 0.0411. The lowest BCUT2D eigenvalue weighted by Gasteiger charge is -2.13. The van der Waals surface area contributed by atoms with Crippen molar-refractivity contribution in [2.24, 2.45) is 5.73 Å². The SMILES string of the molecule is NCc1c(I)ccc(C(F)(F)F)c1Br. The van der Waals surface area contributed by atoms with Crippen molar-refractivity contribution in [2.75, 3.05) is 0 Å². The fourth-order valence-electron chi connectivity index (χ4n) is 1.00. The molecule has 0 spiro atoms. The van der Waals surface area contributed by atoms with Crippen LogP contribution in [0.25, 0.3) is 0 Å². The predicted molar refractivity (Wildman–Crippen MR) is 59.8 cm³/mol. The zero-order chi connectivity index (χ0) is 10.9. The first kappa shape index (κ1) is 12.3. The minimum atomic E-state index is -4.34. The predicted octanol–water partition coefficient (Wildman–Crippen LogP) is 3.53. The lowest BCUT2D eigenvalue weighted by atomic mass is 10.1. The Balaban J connectivity index is 3.36. The van der Waals surface area contributed by atoms with E-state index < -0.39 is 11.7 Å². The first-order valence-electron chi connectivity index (χ1n) is 3.62. The van der Waals surface area contributed by atoms with Crippen LogP contribution in [0.4, 0.5) is 13.2 Å². The molecule has 14 heavy (non-hydrogen) atoms. The molecule has 0 atom stereocenters. The molecule has 1 aromatic rings. The molecule has 0 unspecified atom stereocenters. The zero-order valence-corrected chi connectivity index (χ0v) is 10.6. The second-order valence-corrected chi connectivity index (χ2v) is 4.54. The van der Waals surface area contributed by atoms with Crippen LogP contribution in [-0.2, 0) is 12.7 Å². The van der Waals surface area contributed by atoms with E-state index in [1.54, 1.807) is 0 Å². The maximum Gasteiger partial charge on any atom is 0.417 e.